The highest BCUT2D eigenvalue weighted by atomic mass is 32.1. The summed E-state index contributed by atoms with van der Waals surface area (Å²) in [5.41, 5.74) is 8.28. The number of aromatic nitrogens is 3. The van der Waals surface area contributed by atoms with Crippen LogP contribution in [0.25, 0.3) is 33.4 Å². The topological polar surface area (TPSA) is 51.1 Å². The predicted octanol–water partition coefficient (Wildman–Crippen LogP) is 4.50. The molecule has 29 heavy (non-hydrogen) atoms. The molecule has 0 atom stereocenters. The van der Waals surface area contributed by atoms with E-state index in [-0.39, 0.29) is 5.82 Å². The number of morpholine rings is 1. The van der Waals surface area contributed by atoms with Gasteiger partial charge < -0.3 is 9.64 Å². The van der Waals surface area contributed by atoms with E-state index in [1.165, 1.54) is 17.7 Å². The molecule has 1 saturated heterocycles. The van der Waals surface area contributed by atoms with Gasteiger partial charge >= 0.3 is 0 Å². The summed E-state index contributed by atoms with van der Waals surface area (Å²) in [6, 6.07) is 9.42. The normalized spacial score (nSPS) is 14.5. The fraction of sp³-hybridized carbons (Fsp3) is 0.227. The molecule has 2 aromatic heterocycles. The van der Waals surface area contributed by atoms with Gasteiger partial charge in [-0.05, 0) is 42.8 Å². The molecule has 0 N–H and O–H groups in total. The number of hydrogen-bond acceptors (Lipinski definition) is 6. The summed E-state index contributed by atoms with van der Waals surface area (Å²) >= 11 is 1.40. The number of nitrogens with zero attached hydrogens (tertiary/aromatic N) is 4. The van der Waals surface area contributed by atoms with Crippen molar-refractivity contribution in [2.75, 3.05) is 31.2 Å². The number of thiazole rings is 1. The lowest BCUT2D eigenvalue weighted by Gasteiger charge is -2.29. The van der Waals surface area contributed by atoms with E-state index < -0.39 is 0 Å². The van der Waals surface area contributed by atoms with Gasteiger partial charge in [-0.1, -0.05) is 0 Å². The van der Waals surface area contributed by atoms with Crippen molar-refractivity contribution in [2.24, 2.45) is 0 Å². The second-order valence-electron chi connectivity index (χ2n) is 6.99. The van der Waals surface area contributed by atoms with Gasteiger partial charge in [0.25, 0.3) is 0 Å². The van der Waals surface area contributed by atoms with E-state index in [9.17, 15) is 4.39 Å². The minimum atomic E-state index is -0.303. The molecular formula is C22H18FN4OS. The third-order valence-corrected chi connectivity index (χ3v) is 5.77. The SMILES string of the molecule is Cc1cc(F)c(-c2ncnc3cc(N4CCOCC4)ccc23)cc1-c1cs[c]n1. The first-order chi connectivity index (χ1) is 14.2. The van der Waals surface area contributed by atoms with Crippen molar-refractivity contribution in [3.8, 4) is 22.5 Å². The summed E-state index contributed by atoms with van der Waals surface area (Å²) in [6.07, 6.45) is 1.50. The quantitative estimate of drug-likeness (QED) is 0.502. The van der Waals surface area contributed by atoms with Crippen LogP contribution in [-0.2, 0) is 4.74 Å². The van der Waals surface area contributed by atoms with Crippen LogP contribution >= 0.6 is 11.3 Å². The Balaban J connectivity index is 1.63. The van der Waals surface area contributed by atoms with Crippen LogP contribution in [0.2, 0.25) is 0 Å². The molecule has 5 rings (SSSR count). The van der Waals surface area contributed by atoms with Gasteiger partial charge in [-0.25, -0.2) is 19.3 Å². The van der Waals surface area contributed by atoms with Crippen LogP contribution in [0.4, 0.5) is 10.1 Å². The zero-order valence-electron chi connectivity index (χ0n) is 15.9. The molecule has 1 radical (unpaired) electrons. The largest absolute Gasteiger partial charge is 0.378 e. The Morgan fingerprint density at radius 2 is 1.97 bits per heavy atom. The third-order valence-electron chi connectivity index (χ3n) is 5.23. The number of benzene rings is 2. The number of fused-ring (bicyclic) bond motifs is 1. The first-order valence-corrected chi connectivity index (χ1v) is 10.3. The highest BCUT2D eigenvalue weighted by Crippen LogP contribution is 2.34. The molecular weight excluding hydrogens is 387 g/mol. The fourth-order valence-corrected chi connectivity index (χ4v) is 4.21. The van der Waals surface area contributed by atoms with Crippen molar-refractivity contribution in [1.29, 1.82) is 0 Å². The van der Waals surface area contributed by atoms with Gasteiger partial charge in [0.2, 0.25) is 0 Å². The molecule has 0 aliphatic carbocycles. The Morgan fingerprint density at radius 1 is 1.10 bits per heavy atom. The van der Waals surface area contributed by atoms with Crippen molar-refractivity contribution in [2.45, 2.75) is 6.92 Å². The predicted molar refractivity (Wildman–Crippen MR) is 113 cm³/mol. The molecule has 0 spiro atoms. The van der Waals surface area contributed by atoms with Crippen LogP contribution in [0.15, 0.2) is 42.0 Å². The molecule has 145 valence electrons. The zero-order valence-corrected chi connectivity index (χ0v) is 16.7. The maximum atomic E-state index is 14.9. The maximum Gasteiger partial charge on any atom is 0.152 e. The number of anilines is 1. The second kappa shape index (κ2) is 7.50. The van der Waals surface area contributed by atoms with Crippen LogP contribution in [0, 0.1) is 18.3 Å². The molecule has 0 amide bonds. The maximum absolute atomic E-state index is 14.9. The summed E-state index contributed by atoms with van der Waals surface area (Å²) in [5.74, 6) is -0.303. The van der Waals surface area contributed by atoms with E-state index >= 15 is 0 Å². The lowest BCUT2D eigenvalue weighted by molar-refractivity contribution is 0.122. The van der Waals surface area contributed by atoms with E-state index in [4.69, 9.17) is 4.74 Å². The third kappa shape index (κ3) is 3.36. The van der Waals surface area contributed by atoms with Gasteiger partial charge in [-0.15, -0.1) is 11.3 Å². The molecule has 5 nitrogen and oxygen atoms in total. The molecule has 4 aromatic rings. The zero-order chi connectivity index (χ0) is 19.8. The highest BCUT2D eigenvalue weighted by molar-refractivity contribution is 7.07. The first-order valence-electron chi connectivity index (χ1n) is 9.40. The van der Waals surface area contributed by atoms with Crippen molar-refractivity contribution in [3.05, 3.63) is 58.9 Å². The standard InChI is InChI=1S/C22H18FN4OS/c1-14-8-19(23)18(10-17(14)21-11-29-13-26-21)22-16-3-2-15(9-20(16)24-12-25-22)27-4-6-28-7-5-27/h2-3,8-12H,4-7H2,1H3. The van der Waals surface area contributed by atoms with Crippen molar-refractivity contribution >= 4 is 27.9 Å². The van der Waals surface area contributed by atoms with E-state index in [0.29, 0.717) is 11.3 Å². The molecule has 0 unspecified atom stereocenters. The van der Waals surface area contributed by atoms with Crippen molar-refractivity contribution < 1.29 is 9.13 Å². The number of rotatable bonds is 3. The Bertz CT molecular complexity index is 1170. The molecule has 3 heterocycles. The molecule has 1 aliphatic rings. The van der Waals surface area contributed by atoms with Gasteiger partial charge in [-0.2, -0.15) is 0 Å². The number of hydrogen-bond donors (Lipinski definition) is 0. The van der Waals surface area contributed by atoms with E-state index in [0.717, 1.165) is 59.7 Å². The number of aryl methyl sites for hydroxylation is 1. The van der Waals surface area contributed by atoms with Crippen LogP contribution in [0.1, 0.15) is 5.56 Å². The average Bonchev–Trinajstić information content (AvgIpc) is 3.28. The van der Waals surface area contributed by atoms with Crippen LogP contribution < -0.4 is 4.90 Å². The van der Waals surface area contributed by atoms with Gasteiger partial charge in [-0.3, -0.25) is 0 Å². The second-order valence-corrected chi connectivity index (χ2v) is 7.65. The molecule has 1 aliphatic heterocycles. The summed E-state index contributed by atoms with van der Waals surface area (Å²) < 4.78 is 20.4. The lowest BCUT2D eigenvalue weighted by Crippen LogP contribution is -2.36. The number of ether oxygens (including phenoxy) is 1. The van der Waals surface area contributed by atoms with E-state index in [1.54, 1.807) is 6.07 Å². The summed E-state index contributed by atoms with van der Waals surface area (Å²) in [7, 11) is 0. The van der Waals surface area contributed by atoms with Crippen molar-refractivity contribution in [1.82, 2.24) is 15.0 Å². The summed E-state index contributed by atoms with van der Waals surface area (Å²) in [4.78, 5) is 15.4. The Morgan fingerprint density at radius 3 is 2.76 bits per heavy atom. The highest BCUT2D eigenvalue weighted by Gasteiger charge is 2.17. The summed E-state index contributed by atoms with van der Waals surface area (Å²) in [5, 5.41) is 2.74. The average molecular weight is 405 g/mol. The van der Waals surface area contributed by atoms with E-state index in [1.807, 2.05) is 36.6 Å². The lowest BCUT2D eigenvalue weighted by atomic mass is 9.98. The minimum absolute atomic E-state index is 0.303. The molecule has 0 saturated carbocycles. The Kier molecular flexibility index (Phi) is 4.69. The Hall–Kier alpha value is -2.90. The monoisotopic (exact) mass is 405 g/mol. The minimum Gasteiger partial charge on any atom is -0.378 e. The molecule has 1 fully saturated rings. The number of halogens is 1. The smallest absolute Gasteiger partial charge is 0.152 e. The fourth-order valence-electron chi connectivity index (χ4n) is 3.72. The van der Waals surface area contributed by atoms with Gasteiger partial charge in [0.1, 0.15) is 12.1 Å². The van der Waals surface area contributed by atoms with Crippen molar-refractivity contribution in [3.63, 3.8) is 0 Å². The van der Waals surface area contributed by atoms with Crippen LogP contribution in [0.3, 0.4) is 0 Å². The van der Waals surface area contributed by atoms with Crippen LogP contribution in [-0.4, -0.2) is 41.3 Å². The van der Waals surface area contributed by atoms with Crippen LogP contribution in [0.5, 0.6) is 0 Å². The van der Waals surface area contributed by atoms with Gasteiger partial charge in [0.15, 0.2) is 5.51 Å². The van der Waals surface area contributed by atoms with E-state index in [2.05, 4.69) is 25.4 Å². The van der Waals surface area contributed by atoms with Gasteiger partial charge in [0.05, 0.1) is 30.1 Å². The molecule has 2 aromatic carbocycles. The first kappa shape index (κ1) is 18.1. The summed E-state index contributed by atoms with van der Waals surface area (Å²) in [6.45, 7) is 5.03. The molecule has 0 bridgehead atoms. The molecule has 7 heteroatoms. The van der Waals surface area contributed by atoms with Gasteiger partial charge in [0, 0.05) is 40.7 Å². The Labute approximate surface area is 171 Å².